The van der Waals surface area contributed by atoms with Crippen LogP contribution in [0.3, 0.4) is 0 Å². The van der Waals surface area contributed by atoms with Gasteiger partial charge in [-0.05, 0) is 31.0 Å². The van der Waals surface area contributed by atoms with Gasteiger partial charge < -0.3 is 5.73 Å². The van der Waals surface area contributed by atoms with Crippen molar-refractivity contribution in [3.63, 3.8) is 0 Å². The van der Waals surface area contributed by atoms with Crippen LogP contribution < -0.4 is 11.6 Å². The molecule has 0 unspecified atom stereocenters. The highest BCUT2D eigenvalue weighted by atomic mass is 16.2. The van der Waals surface area contributed by atoms with Crippen molar-refractivity contribution in [3.8, 4) is 0 Å². The van der Waals surface area contributed by atoms with Gasteiger partial charge in [-0.3, -0.25) is 9.80 Å². The maximum Gasteiger partial charge on any atom is 0.269 e. The number of nitrogens with two attached hydrogens (primary N) is 2. The third-order valence-electron chi connectivity index (χ3n) is 2.08. The molecule has 4 N–H and O–H groups in total. The van der Waals surface area contributed by atoms with Crippen LogP contribution in [-0.4, -0.2) is 18.0 Å². The first-order chi connectivity index (χ1) is 6.43. The van der Waals surface area contributed by atoms with Gasteiger partial charge in [0.2, 0.25) is 0 Å². The summed E-state index contributed by atoms with van der Waals surface area (Å²) >= 11 is 0. The maximum atomic E-state index is 11.6. The first-order valence-electron chi connectivity index (χ1n) is 4.33. The molecule has 14 heavy (non-hydrogen) atoms. The van der Waals surface area contributed by atoms with Crippen LogP contribution in [0.15, 0.2) is 12.1 Å². The highest BCUT2D eigenvalue weighted by Crippen LogP contribution is 2.19. The number of hydrogen-bond donors (Lipinski definition) is 2. The average Bonchev–Trinajstić information content (AvgIpc) is 2.09. The van der Waals surface area contributed by atoms with Gasteiger partial charge >= 0.3 is 0 Å². The van der Waals surface area contributed by atoms with E-state index in [1.807, 2.05) is 19.9 Å². The van der Waals surface area contributed by atoms with Gasteiger partial charge in [0, 0.05) is 12.7 Å². The fraction of sp³-hybridized carbons (Fsp3) is 0.300. The maximum absolute atomic E-state index is 11.6. The van der Waals surface area contributed by atoms with Crippen LogP contribution in [-0.2, 0) is 0 Å². The zero-order valence-corrected chi connectivity index (χ0v) is 8.66. The zero-order valence-electron chi connectivity index (χ0n) is 8.66. The second-order valence-corrected chi connectivity index (χ2v) is 3.46. The molecule has 0 aliphatic carbocycles. The van der Waals surface area contributed by atoms with Crippen molar-refractivity contribution in [2.24, 2.45) is 5.84 Å². The van der Waals surface area contributed by atoms with E-state index < -0.39 is 0 Å². The van der Waals surface area contributed by atoms with Crippen molar-refractivity contribution in [3.05, 3.63) is 28.8 Å². The Morgan fingerprint density at radius 3 is 2.43 bits per heavy atom. The summed E-state index contributed by atoms with van der Waals surface area (Å²) in [4.78, 5) is 11.6. The monoisotopic (exact) mass is 193 g/mol. The minimum atomic E-state index is -0.269. The number of aryl methyl sites for hydroxylation is 2. The Bertz CT molecular complexity index is 372. The topological polar surface area (TPSA) is 72.4 Å². The van der Waals surface area contributed by atoms with Crippen LogP contribution in [0.2, 0.25) is 0 Å². The molecule has 0 fully saturated rings. The molecule has 0 spiro atoms. The zero-order chi connectivity index (χ0) is 10.9. The van der Waals surface area contributed by atoms with Gasteiger partial charge in [0.1, 0.15) is 0 Å². The average molecular weight is 193 g/mol. The lowest BCUT2D eigenvalue weighted by atomic mass is 10.0. The molecule has 0 atom stereocenters. The number of rotatable bonds is 1. The molecule has 0 saturated heterocycles. The van der Waals surface area contributed by atoms with Gasteiger partial charge in [0.25, 0.3) is 5.91 Å². The van der Waals surface area contributed by atoms with E-state index in [1.54, 1.807) is 6.07 Å². The minimum Gasteiger partial charge on any atom is -0.398 e. The summed E-state index contributed by atoms with van der Waals surface area (Å²) in [5, 5.41) is 1.03. The van der Waals surface area contributed by atoms with E-state index in [1.165, 1.54) is 7.05 Å². The summed E-state index contributed by atoms with van der Waals surface area (Å²) in [7, 11) is 1.50. The Kier molecular flexibility index (Phi) is 2.76. The van der Waals surface area contributed by atoms with E-state index in [9.17, 15) is 4.79 Å². The molecule has 0 bridgehead atoms. The molecule has 4 nitrogen and oxygen atoms in total. The van der Waals surface area contributed by atoms with Crippen molar-refractivity contribution in [1.29, 1.82) is 0 Å². The van der Waals surface area contributed by atoms with Crippen LogP contribution in [0, 0.1) is 13.8 Å². The lowest BCUT2D eigenvalue weighted by molar-refractivity contribution is 0.0796. The van der Waals surface area contributed by atoms with Crippen LogP contribution in [0.25, 0.3) is 0 Å². The Morgan fingerprint density at radius 1 is 1.36 bits per heavy atom. The van der Waals surface area contributed by atoms with Gasteiger partial charge in [-0.15, -0.1) is 0 Å². The second-order valence-electron chi connectivity index (χ2n) is 3.46. The summed E-state index contributed by atoms with van der Waals surface area (Å²) in [5.74, 6) is 5.10. The molecular formula is C10H15N3O. The van der Waals surface area contributed by atoms with E-state index >= 15 is 0 Å². The highest BCUT2D eigenvalue weighted by Gasteiger charge is 2.13. The quantitative estimate of drug-likeness (QED) is 0.300. The fourth-order valence-electron chi connectivity index (χ4n) is 1.35. The summed E-state index contributed by atoms with van der Waals surface area (Å²) < 4.78 is 0. The first kappa shape index (κ1) is 10.5. The van der Waals surface area contributed by atoms with Gasteiger partial charge in [-0.25, -0.2) is 5.84 Å². The first-order valence-corrected chi connectivity index (χ1v) is 4.33. The number of hydrazine groups is 1. The van der Waals surface area contributed by atoms with Crippen LogP contribution in [0.5, 0.6) is 0 Å². The van der Waals surface area contributed by atoms with Gasteiger partial charge in [0.05, 0.1) is 5.56 Å². The van der Waals surface area contributed by atoms with Crippen molar-refractivity contribution >= 4 is 11.6 Å². The van der Waals surface area contributed by atoms with E-state index in [2.05, 4.69) is 0 Å². The smallest absolute Gasteiger partial charge is 0.269 e. The number of nitrogen functional groups attached to an aromatic ring is 1. The highest BCUT2D eigenvalue weighted by molar-refractivity contribution is 5.99. The summed E-state index contributed by atoms with van der Waals surface area (Å²) in [5.41, 5.74) is 8.65. The van der Waals surface area contributed by atoms with Crippen molar-refractivity contribution < 1.29 is 4.79 Å². The van der Waals surface area contributed by atoms with Gasteiger partial charge in [0.15, 0.2) is 0 Å². The Balaban J connectivity index is 3.27. The standard InChI is InChI=1S/C10H15N3O/c1-6-4-7(2)9(11)8(5-6)10(14)13(3)12/h4-5H,11-12H2,1-3H3. The van der Waals surface area contributed by atoms with E-state index in [0.717, 1.165) is 16.1 Å². The molecule has 76 valence electrons. The molecule has 0 heterocycles. The predicted octanol–water partition coefficient (Wildman–Crippen LogP) is 0.831. The second kappa shape index (κ2) is 3.67. The third-order valence-corrected chi connectivity index (χ3v) is 2.08. The van der Waals surface area contributed by atoms with E-state index in [4.69, 9.17) is 11.6 Å². The van der Waals surface area contributed by atoms with Crippen LogP contribution in [0.4, 0.5) is 5.69 Å². The molecule has 4 heteroatoms. The molecule has 0 radical (unpaired) electrons. The van der Waals surface area contributed by atoms with Crippen molar-refractivity contribution in [1.82, 2.24) is 5.01 Å². The molecule has 0 aromatic heterocycles. The molecule has 0 aliphatic rings. The molecule has 0 aliphatic heterocycles. The third kappa shape index (κ3) is 1.85. The summed E-state index contributed by atoms with van der Waals surface area (Å²) in [6, 6.07) is 3.68. The SMILES string of the molecule is Cc1cc(C)c(N)c(C(=O)N(C)N)c1. The van der Waals surface area contributed by atoms with Crippen LogP contribution in [0.1, 0.15) is 21.5 Å². The number of carbonyl (C=O) groups is 1. The van der Waals surface area contributed by atoms with Crippen LogP contribution >= 0.6 is 0 Å². The van der Waals surface area contributed by atoms with Crippen molar-refractivity contribution in [2.45, 2.75) is 13.8 Å². The van der Waals surface area contributed by atoms with Gasteiger partial charge in [-0.1, -0.05) is 6.07 Å². The molecule has 0 saturated carbocycles. The normalized spacial score (nSPS) is 10.0. The molecular weight excluding hydrogens is 178 g/mol. The number of amides is 1. The van der Waals surface area contributed by atoms with E-state index in [-0.39, 0.29) is 5.91 Å². The molecule has 1 aromatic carbocycles. The Labute approximate surface area is 83.5 Å². The number of benzene rings is 1. The lowest BCUT2D eigenvalue weighted by Crippen LogP contribution is -2.33. The van der Waals surface area contributed by atoms with E-state index in [0.29, 0.717) is 11.3 Å². The molecule has 1 aromatic rings. The largest absolute Gasteiger partial charge is 0.398 e. The number of nitrogens with zero attached hydrogens (tertiary/aromatic N) is 1. The molecule has 1 rings (SSSR count). The Morgan fingerprint density at radius 2 is 1.93 bits per heavy atom. The molecule has 1 amide bonds. The number of hydrogen-bond acceptors (Lipinski definition) is 3. The fourth-order valence-corrected chi connectivity index (χ4v) is 1.35. The lowest BCUT2D eigenvalue weighted by Gasteiger charge is -2.13. The summed E-state index contributed by atoms with van der Waals surface area (Å²) in [6.07, 6.45) is 0. The Hall–Kier alpha value is -1.55. The van der Waals surface area contributed by atoms with Crippen molar-refractivity contribution in [2.75, 3.05) is 12.8 Å². The number of anilines is 1. The summed E-state index contributed by atoms with van der Waals surface area (Å²) in [6.45, 7) is 3.79. The van der Waals surface area contributed by atoms with Gasteiger partial charge in [-0.2, -0.15) is 0 Å². The number of carbonyl (C=O) groups excluding carboxylic acids is 1. The predicted molar refractivity (Wildman–Crippen MR) is 56.6 cm³/mol. The minimum absolute atomic E-state index is 0.269.